The Hall–Kier alpha value is -2.30. The van der Waals surface area contributed by atoms with E-state index >= 15 is 0 Å². The van der Waals surface area contributed by atoms with E-state index in [1.807, 2.05) is 26.0 Å². The van der Waals surface area contributed by atoms with E-state index in [1.54, 1.807) is 13.2 Å². The van der Waals surface area contributed by atoms with E-state index in [0.29, 0.717) is 6.42 Å². The summed E-state index contributed by atoms with van der Waals surface area (Å²) >= 11 is 0. The van der Waals surface area contributed by atoms with Gasteiger partial charge in [-0.1, -0.05) is 19.1 Å². The summed E-state index contributed by atoms with van der Waals surface area (Å²) in [6.45, 7) is 5.70. The van der Waals surface area contributed by atoms with Crippen molar-refractivity contribution in [3.8, 4) is 0 Å². The number of aryl methyl sites for hydroxylation is 2. The lowest BCUT2D eigenvalue weighted by atomic mass is 10.0. The standard InChI is InChI=1S/C16H19NO4/c1-4-13(16(19)20)17-14(18)7-11-8-21-15-10(3)9(2)5-6-12(11)15/h5-6,8,13H,4,7H2,1-3H3,(H,17,18)(H,19,20). The Morgan fingerprint density at radius 3 is 2.67 bits per heavy atom. The molecule has 1 atom stereocenters. The number of hydrogen-bond acceptors (Lipinski definition) is 3. The number of hydrogen-bond donors (Lipinski definition) is 2. The van der Waals surface area contributed by atoms with Crippen LogP contribution in [0.25, 0.3) is 11.0 Å². The van der Waals surface area contributed by atoms with Gasteiger partial charge in [-0.05, 0) is 31.4 Å². The largest absolute Gasteiger partial charge is 0.480 e. The third kappa shape index (κ3) is 3.07. The van der Waals surface area contributed by atoms with Crippen molar-refractivity contribution in [2.24, 2.45) is 0 Å². The zero-order chi connectivity index (χ0) is 15.6. The highest BCUT2D eigenvalue weighted by atomic mass is 16.4. The number of fused-ring (bicyclic) bond motifs is 1. The van der Waals surface area contributed by atoms with Crippen LogP contribution in [0.5, 0.6) is 0 Å². The number of rotatable bonds is 5. The van der Waals surface area contributed by atoms with Crippen molar-refractivity contribution in [3.63, 3.8) is 0 Å². The van der Waals surface area contributed by atoms with Gasteiger partial charge in [-0.15, -0.1) is 0 Å². The van der Waals surface area contributed by atoms with Gasteiger partial charge in [-0.25, -0.2) is 4.79 Å². The highest BCUT2D eigenvalue weighted by Crippen LogP contribution is 2.26. The van der Waals surface area contributed by atoms with E-state index < -0.39 is 12.0 Å². The summed E-state index contributed by atoms with van der Waals surface area (Å²) in [7, 11) is 0. The minimum Gasteiger partial charge on any atom is -0.480 e. The van der Waals surface area contributed by atoms with E-state index in [0.717, 1.165) is 27.7 Å². The molecule has 0 fully saturated rings. The van der Waals surface area contributed by atoms with E-state index in [9.17, 15) is 9.59 Å². The highest BCUT2D eigenvalue weighted by molar-refractivity contribution is 5.91. The number of benzene rings is 1. The number of furan rings is 1. The van der Waals surface area contributed by atoms with Crippen molar-refractivity contribution in [1.82, 2.24) is 5.32 Å². The first-order valence-electron chi connectivity index (χ1n) is 6.92. The summed E-state index contributed by atoms with van der Waals surface area (Å²) in [6.07, 6.45) is 2.03. The third-order valence-electron chi connectivity index (χ3n) is 3.73. The van der Waals surface area contributed by atoms with E-state index in [1.165, 1.54) is 0 Å². The topological polar surface area (TPSA) is 79.5 Å². The smallest absolute Gasteiger partial charge is 0.326 e. The number of carbonyl (C=O) groups excluding carboxylic acids is 1. The Balaban J connectivity index is 2.19. The Labute approximate surface area is 122 Å². The van der Waals surface area contributed by atoms with Crippen LogP contribution < -0.4 is 5.32 Å². The Morgan fingerprint density at radius 2 is 2.05 bits per heavy atom. The number of aliphatic carboxylic acids is 1. The fourth-order valence-electron chi connectivity index (χ4n) is 2.28. The minimum absolute atomic E-state index is 0.110. The molecule has 0 spiro atoms. The fraction of sp³-hybridized carbons (Fsp3) is 0.375. The molecule has 112 valence electrons. The molecule has 2 rings (SSSR count). The molecular formula is C16H19NO4. The molecule has 2 N–H and O–H groups in total. The van der Waals surface area contributed by atoms with Crippen LogP contribution in [0.4, 0.5) is 0 Å². The van der Waals surface area contributed by atoms with Crippen LogP contribution in [-0.4, -0.2) is 23.0 Å². The molecule has 0 bridgehead atoms. The Morgan fingerprint density at radius 1 is 1.33 bits per heavy atom. The number of carboxylic acids is 1. The second kappa shape index (κ2) is 5.99. The summed E-state index contributed by atoms with van der Waals surface area (Å²) < 4.78 is 5.54. The average Bonchev–Trinajstić information content (AvgIpc) is 2.83. The molecule has 2 aromatic rings. The lowest BCUT2D eigenvalue weighted by molar-refractivity contribution is -0.141. The molecular weight excluding hydrogens is 270 g/mol. The molecule has 5 heteroatoms. The van der Waals surface area contributed by atoms with Crippen LogP contribution in [0.2, 0.25) is 0 Å². The Bertz CT molecular complexity index is 687. The summed E-state index contributed by atoms with van der Waals surface area (Å²) in [6, 6.07) is 3.07. The maximum Gasteiger partial charge on any atom is 0.326 e. The van der Waals surface area contributed by atoms with Crippen LogP contribution in [0.1, 0.15) is 30.0 Å². The molecule has 0 saturated heterocycles. The molecule has 1 unspecified atom stereocenters. The number of carbonyl (C=O) groups is 2. The second-order valence-electron chi connectivity index (χ2n) is 5.19. The molecule has 0 aliphatic carbocycles. The molecule has 0 aliphatic rings. The van der Waals surface area contributed by atoms with Crippen LogP contribution in [-0.2, 0) is 16.0 Å². The van der Waals surface area contributed by atoms with Gasteiger partial charge in [-0.3, -0.25) is 4.79 Å². The lowest BCUT2D eigenvalue weighted by Gasteiger charge is -2.11. The van der Waals surface area contributed by atoms with Gasteiger partial charge in [0.25, 0.3) is 0 Å². The van der Waals surface area contributed by atoms with E-state index in [2.05, 4.69) is 5.32 Å². The van der Waals surface area contributed by atoms with Gasteiger partial charge in [0.2, 0.25) is 5.91 Å². The normalized spacial score (nSPS) is 12.3. The van der Waals surface area contributed by atoms with Crippen molar-refractivity contribution in [1.29, 1.82) is 0 Å². The fourth-order valence-corrected chi connectivity index (χ4v) is 2.28. The molecule has 1 aromatic carbocycles. The van der Waals surface area contributed by atoms with Crippen molar-refractivity contribution in [3.05, 3.63) is 35.1 Å². The monoisotopic (exact) mass is 289 g/mol. The molecule has 1 heterocycles. The quantitative estimate of drug-likeness (QED) is 0.886. The second-order valence-corrected chi connectivity index (χ2v) is 5.19. The van der Waals surface area contributed by atoms with Gasteiger partial charge >= 0.3 is 5.97 Å². The molecule has 1 amide bonds. The van der Waals surface area contributed by atoms with Crippen molar-refractivity contribution < 1.29 is 19.1 Å². The first kappa shape index (κ1) is 15.1. The first-order chi connectivity index (χ1) is 9.93. The number of amides is 1. The van der Waals surface area contributed by atoms with Gasteiger partial charge < -0.3 is 14.8 Å². The van der Waals surface area contributed by atoms with Crippen molar-refractivity contribution >= 4 is 22.8 Å². The van der Waals surface area contributed by atoms with E-state index in [4.69, 9.17) is 9.52 Å². The lowest BCUT2D eigenvalue weighted by Crippen LogP contribution is -2.40. The maximum absolute atomic E-state index is 12.0. The summed E-state index contributed by atoms with van der Waals surface area (Å²) in [5.74, 6) is -1.33. The van der Waals surface area contributed by atoms with Crippen molar-refractivity contribution in [2.45, 2.75) is 39.7 Å². The van der Waals surface area contributed by atoms with Crippen LogP contribution >= 0.6 is 0 Å². The van der Waals surface area contributed by atoms with Crippen molar-refractivity contribution in [2.75, 3.05) is 0 Å². The molecule has 5 nitrogen and oxygen atoms in total. The van der Waals surface area contributed by atoms with Gasteiger partial charge in [0.1, 0.15) is 11.6 Å². The minimum atomic E-state index is -1.02. The molecule has 0 radical (unpaired) electrons. The summed E-state index contributed by atoms with van der Waals surface area (Å²) in [4.78, 5) is 22.9. The summed E-state index contributed by atoms with van der Waals surface area (Å²) in [5, 5.41) is 12.4. The van der Waals surface area contributed by atoms with Crippen LogP contribution in [0.15, 0.2) is 22.8 Å². The van der Waals surface area contributed by atoms with E-state index in [-0.39, 0.29) is 12.3 Å². The predicted octanol–water partition coefficient (Wildman–Crippen LogP) is 2.57. The molecule has 21 heavy (non-hydrogen) atoms. The van der Waals surface area contributed by atoms with Gasteiger partial charge in [-0.2, -0.15) is 0 Å². The molecule has 1 aromatic heterocycles. The zero-order valence-corrected chi connectivity index (χ0v) is 12.4. The van der Waals surface area contributed by atoms with Gasteiger partial charge in [0.15, 0.2) is 0 Å². The molecule has 0 aliphatic heterocycles. The zero-order valence-electron chi connectivity index (χ0n) is 12.4. The summed E-state index contributed by atoms with van der Waals surface area (Å²) in [5.41, 5.74) is 3.73. The van der Waals surface area contributed by atoms with Crippen LogP contribution in [0.3, 0.4) is 0 Å². The Kier molecular flexibility index (Phi) is 4.31. The predicted molar refractivity (Wildman–Crippen MR) is 79.2 cm³/mol. The van der Waals surface area contributed by atoms with Gasteiger partial charge in [0, 0.05) is 10.9 Å². The number of carboxylic acid groups (broad SMARTS) is 1. The first-order valence-corrected chi connectivity index (χ1v) is 6.92. The average molecular weight is 289 g/mol. The highest BCUT2D eigenvalue weighted by Gasteiger charge is 2.19. The number of nitrogens with one attached hydrogen (secondary N) is 1. The SMILES string of the molecule is CCC(NC(=O)Cc1coc2c(C)c(C)ccc12)C(=O)O. The molecule has 0 saturated carbocycles. The maximum atomic E-state index is 12.0. The van der Waals surface area contributed by atoms with Crippen LogP contribution in [0, 0.1) is 13.8 Å². The third-order valence-corrected chi connectivity index (χ3v) is 3.73. The van der Waals surface area contributed by atoms with Gasteiger partial charge in [0.05, 0.1) is 12.7 Å².